The molecule has 1 rings (SSSR count). The minimum atomic E-state index is -4.48. The molecular weight excluding hydrogens is 212 g/mol. The Morgan fingerprint density at radius 3 is 2.47 bits per heavy atom. The van der Waals surface area contributed by atoms with Crippen LogP contribution in [0.25, 0.3) is 0 Å². The van der Waals surface area contributed by atoms with Crippen molar-refractivity contribution in [3.8, 4) is 0 Å². The van der Waals surface area contributed by atoms with E-state index in [4.69, 9.17) is 0 Å². The van der Waals surface area contributed by atoms with Gasteiger partial charge in [-0.1, -0.05) is 0 Å². The first-order chi connectivity index (χ1) is 6.95. The van der Waals surface area contributed by atoms with E-state index in [-0.39, 0.29) is 18.4 Å². The lowest BCUT2D eigenvalue weighted by Gasteiger charge is -2.08. The van der Waals surface area contributed by atoms with Gasteiger partial charge in [0.25, 0.3) is 0 Å². The molecule has 0 aromatic heterocycles. The van der Waals surface area contributed by atoms with Gasteiger partial charge in [-0.15, -0.1) is 0 Å². The minimum Gasteiger partial charge on any atom is -0.303 e. The Morgan fingerprint density at radius 1 is 1.27 bits per heavy atom. The van der Waals surface area contributed by atoms with Gasteiger partial charge in [-0.2, -0.15) is 13.2 Å². The Morgan fingerprint density at radius 2 is 1.93 bits per heavy atom. The molecule has 0 aliphatic heterocycles. The second-order valence-corrected chi connectivity index (χ2v) is 3.01. The van der Waals surface area contributed by atoms with Crippen molar-refractivity contribution < 1.29 is 22.4 Å². The van der Waals surface area contributed by atoms with E-state index < -0.39 is 17.6 Å². The first-order valence-electron chi connectivity index (χ1n) is 4.24. The van der Waals surface area contributed by atoms with Gasteiger partial charge in [0.05, 0.1) is 5.56 Å². The summed E-state index contributed by atoms with van der Waals surface area (Å²) < 4.78 is 49.7. The normalized spacial score (nSPS) is 11.5. The second-order valence-electron chi connectivity index (χ2n) is 3.01. The highest BCUT2D eigenvalue weighted by molar-refractivity contribution is 5.50. The number of alkyl halides is 3. The summed E-state index contributed by atoms with van der Waals surface area (Å²) in [4.78, 5) is 10.0. The molecule has 5 heteroatoms. The van der Waals surface area contributed by atoms with Crippen LogP contribution in [-0.4, -0.2) is 6.29 Å². The Kier molecular flexibility index (Phi) is 3.44. The molecule has 0 unspecified atom stereocenters. The number of aldehydes is 1. The molecule has 0 fully saturated rings. The van der Waals surface area contributed by atoms with Crippen molar-refractivity contribution in [1.82, 2.24) is 0 Å². The fourth-order valence-electron chi connectivity index (χ4n) is 1.16. The number of hydrogen-bond acceptors (Lipinski definition) is 1. The van der Waals surface area contributed by atoms with Crippen molar-refractivity contribution in [1.29, 1.82) is 0 Å². The van der Waals surface area contributed by atoms with Gasteiger partial charge < -0.3 is 4.79 Å². The van der Waals surface area contributed by atoms with Crippen LogP contribution in [0.3, 0.4) is 0 Å². The maximum atomic E-state index is 13.0. The van der Waals surface area contributed by atoms with Crippen LogP contribution in [-0.2, 0) is 17.4 Å². The van der Waals surface area contributed by atoms with Crippen LogP contribution in [0, 0.1) is 5.82 Å². The highest BCUT2D eigenvalue weighted by Gasteiger charge is 2.30. The second kappa shape index (κ2) is 4.42. The number of carbonyl (C=O) groups is 1. The van der Waals surface area contributed by atoms with Crippen LogP contribution in [0.15, 0.2) is 18.2 Å². The smallest absolute Gasteiger partial charge is 0.303 e. The molecule has 0 aliphatic carbocycles. The Hall–Kier alpha value is -1.39. The van der Waals surface area contributed by atoms with E-state index >= 15 is 0 Å². The Labute approximate surface area is 83.7 Å². The molecule has 0 radical (unpaired) electrons. The van der Waals surface area contributed by atoms with Gasteiger partial charge in [0.2, 0.25) is 0 Å². The van der Waals surface area contributed by atoms with Crippen molar-refractivity contribution in [2.75, 3.05) is 0 Å². The van der Waals surface area contributed by atoms with Gasteiger partial charge in [-0.3, -0.25) is 0 Å². The summed E-state index contributed by atoms with van der Waals surface area (Å²) in [5, 5.41) is 0. The molecule has 0 bridgehead atoms. The summed E-state index contributed by atoms with van der Waals surface area (Å²) in [5.41, 5.74) is -0.985. The Bertz CT molecular complexity index is 357. The molecule has 0 amide bonds. The summed E-state index contributed by atoms with van der Waals surface area (Å²) in [7, 11) is 0. The predicted octanol–water partition coefficient (Wildman–Crippen LogP) is 2.98. The van der Waals surface area contributed by atoms with E-state index in [1.165, 1.54) is 0 Å². The SMILES string of the molecule is O=CCCc1cc(C(F)(F)F)ccc1F. The quantitative estimate of drug-likeness (QED) is 0.565. The third kappa shape index (κ3) is 3.04. The molecule has 0 spiro atoms. The molecular formula is C10H8F4O. The molecule has 0 atom stereocenters. The molecule has 1 nitrogen and oxygen atoms in total. The van der Waals surface area contributed by atoms with Crippen LogP contribution in [0.2, 0.25) is 0 Å². The topological polar surface area (TPSA) is 17.1 Å². The number of hydrogen-bond donors (Lipinski definition) is 0. The van der Waals surface area contributed by atoms with Crippen LogP contribution < -0.4 is 0 Å². The maximum Gasteiger partial charge on any atom is 0.416 e. The van der Waals surface area contributed by atoms with Crippen molar-refractivity contribution in [2.24, 2.45) is 0 Å². The van der Waals surface area contributed by atoms with E-state index in [0.29, 0.717) is 12.4 Å². The van der Waals surface area contributed by atoms with Gasteiger partial charge in [0, 0.05) is 6.42 Å². The highest BCUT2D eigenvalue weighted by atomic mass is 19.4. The lowest BCUT2D eigenvalue weighted by atomic mass is 10.1. The number of rotatable bonds is 3. The molecule has 0 aliphatic rings. The summed E-state index contributed by atoms with van der Waals surface area (Å²) in [6, 6.07) is 2.18. The fourth-order valence-corrected chi connectivity index (χ4v) is 1.16. The third-order valence-electron chi connectivity index (χ3n) is 1.90. The van der Waals surface area contributed by atoms with Gasteiger partial charge in [-0.05, 0) is 30.2 Å². The van der Waals surface area contributed by atoms with Gasteiger partial charge in [0.15, 0.2) is 0 Å². The number of aryl methyl sites for hydroxylation is 1. The van der Waals surface area contributed by atoms with E-state index in [0.717, 1.165) is 12.1 Å². The summed E-state index contributed by atoms with van der Waals surface area (Å²) in [5.74, 6) is -0.718. The molecule has 0 saturated heterocycles. The summed E-state index contributed by atoms with van der Waals surface area (Å²) in [6.07, 6.45) is -3.94. The zero-order chi connectivity index (χ0) is 11.5. The zero-order valence-corrected chi connectivity index (χ0v) is 7.64. The monoisotopic (exact) mass is 220 g/mol. The molecule has 0 saturated carbocycles. The van der Waals surface area contributed by atoms with Crippen LogP contribution in [0.1, 0.15) is 17.5 Å². The first kappa shape index (κ1) is 11.7. The van der Waals surface area contributed by atoms with Crippen molar-refractivity contribution in [3.63, 3.8) is 0 Å². The van der Waals surface area contributed by atoms with Crippen molar-refractivity contribution in [2.45, 2.75) is 19.0 Å². The molecule has 1 aromatic carbocycles. The summed E-state index contributed by atoms with van der Waals surface area (Å²) >= 11 is 0. The van der Waals surface area contributed by atoms with Gasteiger partial charge in [0.1, 0.15) is 12.1 Å². The minimum absolute atomic E-state index is 0.0121. The van der Waals surface area contributed by atoms with Crippen LogP contribution >= 0.6 is 0 Å². The number of benzene rings is 1. The zero-order valence-electron chi connectivity index (χ0n) is 7.64. The van der Waals surface area contributed by atoms with E-state index in [1.807, 2.05) is 0 Å². The van der Waals surface area contributed by atoms with E-state index in [1.54, 1.807) is 0 Å². The molecule has 82 valence electrons. The Balaban J connectivity index is 3.00. The van der Waals surface area contributed by atoms with Gasteiger partial charge >= 0.3 is 6.18 Å². The average Bonchev–Trinajstić information content (AvgIpc) is 2.15. The molecule has 1 aromatic rings. The van der Waals surface area contributed by atoms with Gasteiger partial charge in [-0.25, -0.2) is 4.39 Å². The third-order valence-corrected chi connectivity index (χ3v) is 1.90. The lowest BCUT2D eigenvalue weighted by molar-refractivity contribution is -0.137. The molecule has 0 N–H and O–H groups in total. The fraction of sp³-hybridized carbons (Fsp3) is 0.300. The van der Waals surface area contributed by atoms with E-state index in [9.17, 15) is 22.4 Å². The van der Waals surface area contributed by atoms with E-state index in [2.05, 4.69) is 0 Å². The summed E-state index contributed by atoms with van der Waals surface area (Å²) in [6.45, 7) is 0. The highest BCUT2D eigenvalue weighted by Crippen LogP contribution is 2.30. The maximum absolute atomic E-state index is 13.0. The molecule has 15 heavy (non-hydrogen) atoms. The van der Waals surface area contributed by atoms with Crippen molar-refractivity contribution >= 4 is 6.29 Å². The first-order valence-corrected chi connectivity index (χ1v) is 4.24. The average molecular weight is 220 g/mol. The lowest BCUT2D eigenvalue weighted by Crippen LogP contribution is -2.06. The largest absolute Gasteiger partial charge is 0.416 e. The van der Waals surface area contributed by atoms with Crippen LogP contribution in [0.5, 0.6) is 0 Å². The molecule has 0 heterocycles. The number of halogens is 4. The number of carbonyl (C=O) groups excluding carboxylic acids is 1. The van der Waals surface area contributed by atoms with Crippen molar-refractivity contribution in [3.05, 3.63) is 35.1 Å². The predicted molar refractivity (Wildman–Crippen MR) is 45.8 cm³/mol. The van der Waals surface area contributed by atoms with Crippen LogP contribution in [0.4, 0.5) is 17.6 Å². The standard InChI is InChI=1S/C10H8F4O/c11-9-4-3-8(10(12,13)14)6-7(9)2-1-5-15/h3-6H,1-2H2.